The minimum atomic E-state index is -0.707. The molecule has 25 heavy (non-hydrogen) atoms. The molecule has 130 valence electrons. The van der Waals surface area contributed by atoms with Gasteiger partial charge >= 0.3 is 0 Å². The molecular formula is C17H19N5O2S. The van der Waals surface area contributed by atoms with Crippen LogP contribution in [-0.4, -0.2) is 43.4 Å². The summed E-state index contributed by atoms with van der Waals surface area (Å²) in [7, 11) is 0. The Morgan fingerprint density at radius 2 is 2.12 bits per heavy atom. The first-order chi connectivity index (χ1) is 11.9. The maximum atomic E-state index is 12.7. The fraction of sp³-hybridized carbons (Fsp3) is 0.294. The molecule has 0 saturated carbocycles. The van der Waals surface area contributed by atoms with Crippen LogP contribution in [0.1, 0.15) is 29.8 Å². The molecule has 2 aromatic heterocycles. The Kier molecular flexibility index (Phi) is 4.65. The maximum Gasteiger partial charge on any atom is 0.251 e. The topological polar surface area (TPSA) is 92.9 Å². The summed E-state index contributed by atoms with van der Waals surface area (Å²) in [6.45, 7) is 5.41. The van der Waals surface area contributed by atoms with E-state index in [1.807, 2.05) is 19.1 Å². The van der Waals surface area contributed by atoms with E-state index in [0.29, 0.717) is 11.3 Å². The van der Waals surface area contributed by atoms with Gasteiger partial charge in [-0.1, -0.05) is 0 Å². The van der Waals surface area contributed by atoms with Crippen LogP contribution >= 0.6 is 11.3 Å². The highest BCUT2D eigenvalue weighted by Crippen LogP contribution is 2.29. The smallest absolute Gasteiger partial charge is 0.251 e. The molecular weight excluding hydrogens is 338 g/mol. The molecule has 3 aromatic rings. The van der Waals surface area contributed by atoms with Crippen molar-refractivity contribution >= 4 is 17.2 Å². The molecule has 0 fully saturated rings. The third kappa shape index (κ3) is 3.92. The molecule has 0 atom stereocenters. The number of carbonyl (C=O) groups excluding carboxylic acids is 1. The summed E-state index contributed by atoms with van der Waals surface area (Å²) in [6, 6.07) is 7.57. The average molecular weight is 357 g/mol. The average Bonchev–Trinajstić information content (AvgIpc) is 3.25. The van der Waals surface area contributed by atoms with Gasteiger partial charge in [0, 0.05) is 10.4 Å². The number of nitrogens with zero attached hydrogens (tertiary/aromatic N) is 4. The Morgan fingerprint density at radius 3 is 2.72 bits per heavy atom. The summed E-state index contributed by atoms with van der Waals surface area (Å²) < 4.78 is 1.51. The predicted molar refractivity (Wildman–Crippen MR) is 95.8 cm³/mol. The molecule has 0 radical (unpaired) electrons. The maximum absolute atomic E-state index is 12.7. The van der Waals surface area contributed by atoms with Crippen molar-refractivity contribution in [2.75, 3.05) is 6.61 Å². The van der Waals surface area contributed by atoms with E-state index in [-0.39, 0.29) is 12.5 Å². The normalized spacial score (nSPS) is 11.5. The fourth-order valence-corrected chi connectivity index (χ4v) is 3.19. The molecule has 0 aliphatic carbocycles. The lowest BCUT2D eigenvalue weighted by Gasteiger charge is -2.23. The summed E-state index contributed by atoms with van der Waals surface area (Å²) in [4.78, 5) is 13.7. The standard InChI is InChI=1S/C17H19N5O2S/c1-11-4-15(25-8-11)12-5-13(16(24)19-17(2,3)9-23)7-14(6-12)22-10-18-20-21-22/h4-8,10,23H,9H2,1-3H3,(H,19,24). The predicted octanol–water partition coefficient (Wildman–Crippen LogP) is 2.20. The molecule has 0 spiro atoms. The summed E-state index contributed by atoms with van der Waals surface area (Å²) >= 11 is 1.61. The number of amides is 1. The lowest BCUT2D eigenvalue weighted by atomic mass is 10.0. The number of benzene rings is 1. The zero-order valence-electron chi connectivity index (χ0n) is 14.2. The van der Waals surface area contributed by atoms with Gasteiger partial charge in [-0.25, -0.2) is 4.68 Å². The molecule has 3 rings (SSSR count). The summed E-state index contributed by atoms with van der Waals surface area (Å²) in [5.41, 5.74) is 2.55. The minimum absolute atomic E-state index is 0.150. The molecule has 2 N–H and O–H groups in total. The number of rotatable bonds is 5. The first-order valence-electron chi connectivity index (χ1n) is 7.75. The van der Waals surface area contributed by atoms with Crippen molar-refractivity contribution in [3.8, 4) is 16.1 Å². The molecule has 0 aliphatic heterocycles. The van der Waals surface area contributed by atoms with Gasteiger partial charge in [0.2, 0.25) is 0 Å². The Balaban J connectivity index is 2.05. The van der Waals surface area contributed by atoms with Gasteiger partial charge in [0.1, 0.15) is 6.33 Å². The van der Waals surface area contributed by atoms with Crippen LogP contribution in [0.5, 0.6) is 0 Å². The van der Waals surface area contributed by atoms with E-state index in [4.69, 9.17) is 0 Å². The van der Waals surface area contributed by atoms with Crippen LogP contribution < -0.4 is 5.32 Å². The number of hydrogen-bond acceptors (Lipinski definition) is 6. The van der Waals surface area contributed by atoms with E-state index in [2.05, 4.69) is 32.3 Å². The van der Waals surface area contributed by atoms with Gasteiger partial charge in [-0.15, -0.1) is 16.4 Å². The van der Waals surface area contributed by atoms with Crippen LogP contribution in [0.3, 0.4) is 0 Å². The fourth-order valence-electron chi connectivity index (χ4n) is 2.30. The molecule has 0 bridgehead atoms. The summed E-state index contributed by atoms with van der Waals surface area (Å²) in [5, 5.41) is 25.5. The van der Waals surface area contributed by atoms with Crippen LogP contribution in [0.2, 0.25) is 0 Å². The quantitative estimate of drug-likeness (QED) is 0.730. The van der Waals surface area contributed by atoms with Gasteiger partial charge in [-0.05, 0) is 72.0 Å². The van der Waals surface area contributed by atoms with Crippen LogP contribution in [-0.2, 0) is 0 Å². The van der Waals surface area contributed by atoms with E-state index in [1.165, 1.54) is 16.6 Å². The zero-order valence-corrected chi connectivity index (χ0v) is 15.0. The number of thiophene rings is 1. The summed E-state index contributed by atoms with van der Waals surface area (Å²) in [6.07, 6.45) is 1.48. The van der Waals surface area contributed by atoms with Crippen LogP contribution in [0, 0.1) is 6.92 Å². The Hall–Kier alpha value is -2.58. The van der Waals surface area contributed by atoms with Gasteiger partial charge in [-0.3, -0.25) is 4.79 Å². The molecule has 2 heterocycles. The molecule has 8 heteroatoms. The van der Waals surface area contributed by atoms with Crippen LogP contribution in [0.4, 0.5) is 0 Å². The molecule has 1 amide bonds. The number of aromatic nitrogens is 4. The second-order valence-corrected chi connectivity index (χ2v) is 7.42. The van der Waals surface area contributed by atoms with Crippen molar-refractivity contribution in [2.24, 2.45) is 0 Å². The van der Waals surface area contributed by atoms with E-state index < -0.39 is 5.54 Å². The first kappa shape index (κ1) is 17.2. The Labute approximate surface area is 149 Å². The van der Waals surface area contributed by atoms with E-state index >= 15 is 0 Å². The van der Waals surface area contributed by atoms with Crippen LogP contribution in [0.25, 0.3) is 16.1 Å². The van der Waals surface area contributed by atoms with Crippen LogP contribution in [0.15, 0.2) is 36.0 Å². The van der Waals surface area contributed by atoms with E-state index in [1.54, 1.807) is 31.3 Å². The number of aliphatic hydroxyl groups excluding tert-OH is 1. The van der Waals surface area contributed by atoms with Gasteiger partial charge in [-0.2, -0.15) is 0 Å². The second kappa shape index (κ2) is 6.73. The zero-order chi connectivity index (χ0) is 18.0. The molecule has 0 unspecified atom stereocenters. The minimum Gasteiger partial charge on any atom is -0.394 e. The Morgan fingerprint density at radius 1 is 1.32 bits per heavy atom. The van der Waals surface area contributed by atoms with Gasteiger partial charge in [0.25, 0.3) is 5.91 Å². The van der Waals surface area contributed by atoms with Crippen molar-refractivity contribution in [3.63, 3.8) is 0 Å². The number of aryl methyl sites for hydroxylation is 1. The third-order valence-electron chi connectivity index (χ3n) is 3.66. The lowest BCUT2D eigenvalue weighted by molar-refractivity contribution is 0.0869. The van der Waals surface area contributed by atoms with Crippen molar-refractivity contribution in [1.29, 1.82) is 0 Å². The molecule has 0 aliphatic rings. The number of tetrazole rings is 1. The van der Waals surface area contributed by atoms with E-state index in [0.717, 1.165) is 10.4 Å². The van der Waals surface area contributed by atoms with Gasteiger partial charge in [0.15, 0.2) is 0 Å². The molecule has 7 nitrogen and oxygen atoms in total. The van der Waals surface area contributed by atoms with Gasteiger partial charge in [0.05, 0.1) is 17.8 Å². The highest BCUT2D eigenvalue weighted by Gasteiger charge is 2.21. The van der Waals surface area contributed by atoms with Crippen molar-refractivity contribution in [1.82, 2.24) is 25.5 Å². The number of hydrogen-bond donors (Lipinski definition) is 2. The number of nitrogens with one attached hydrogen (secondary N) is 1. The second-order valence-electron chi connectivity index (χ2n) is 6.51. The number of carbonyl (C=O) groups is 1. The SMILES string of the molecule is Cc1csc(-c2cc(C(=O)NC(C)(C)CO)cc(-n3cnnn3)c2)c1. The largest absolute Gasteiger partial charge is 0.394 e. The van der Waals surface area contributed by atoms with E-state index in [9.17, 15) is 9.90 Å². The first-order valence-corrected chi connectivity index (χ1v) is 8.63. The third-order valence-corrected chi connectivity index (χ3v) is 4.75. The van der Waals surface area contributed by atoms with Gasteiger partial charge < -0.3 is 10.4 Å². The van der Waals surface area contributed by atoms with Crippen molar-refractivity contribution < 1.29 is 9.90 Å². The monoisotopic (exact) mass is 357 g/mol. The number of aliphatic hydroxyl groups is 1. The molecule has 1 aromatic carbocycles. The highest BCUT2D eigenvalue weighted by molar-refractivity contribution is 7.13. The molecule has 0 saturated heterocycles. The highest BCUT2D eigenvalue weighted by atomic mass is 32.1. The summed E-state index contributed by atoms with van der Waals surface area (Å²) in [5.74, 6) is -0.261. The lowest BCUT2D eigenvalue weighted by Crippen LogP contribution is -2.46. The van der Waals surface area contributed by atoms with Crippen molar-refractivity contribution in [2.45, 2.75) is 26.3 Å². The Bertz CT molecular complexity index is 886. The van der Waals surface area contributed by atoms with Crippen molar-refractivity contribution in [3.05, 3.63) is 47.1 Å².